The number of nitrogens with zero attached hydrogens (tertiary/aromatic N) is 3. The lowest BCUT2D eigenvalue weighted by Crippen LogP contribution is -2.66. The molecule has 11 nitrogen and oxygen atoms in total. The minimum Gasteiger partial charge on any atom is -0.477 e. The van der Waals surface area contributed by atoms with Crippen LogP contribution in [0, 0.1) is 23.2 Å². The fourth-order valence-corrected chi connectivity index (χ4v) is 6.53. The zero-order valence-electron chi connectivity index (χ0n) is 20.2. The SMILES string of the molecule is CNCCN(CC#N)C(=O)[C@@H]1C[C@H](SC2=C(C(=O)O)N3C(=O)[C@H](C(C)NC(=O)C(F)F)[C@H]3[C@H]2C)CN1. The maximum atomic E-state index is 12.9. The van der Waals surface area contributed by atoms with E-state index in [-0.39, 0.29) is 23.4 Å². The van der Waals surface area contributed by atoms with Gasteiger partial charge in [0, 0.05) is 41.7 Å². The number of amides is 3. The molecule has 2 saturated heterocycles. The second kappa shape index (κ2) is 11.5. The van der Waals surface area contributed by atoms with Crippen molar-refractivity contribution in [2.45, 2.75) is 50.1 Å². The van der Waals surface area contributed by atoms with Gasteiger partial charge in [-0.25, -0.2) is 4.79 Å². The summed E-state index contributed by atoms with van der Waals surface area (Å²) in [6.45, 7) is 4.53. The highest BCUT2D eigenvalue weighted by molar-refractivity contribution is 8.03. The largest absolute Gasteiger partial charge is 0.477 e. The van der Waals surface area contributed by atoms with Crippen molar-refractivity contribution in [3.63, 3.8) is 0 Å². The van der Waals surface area contributed by atoms with Gasteiger partial charge in [0.05, 0.1) is 24.1 Å². The molecule has 198 valence electrons. The van der Waals surface area contributed by atoms with E-state index in [1.165, 1.54) is 28.5 Å². The van der Waals surface area contributed by atoms with Gasteiger partial charge in [0.15, 0.2) is 0 Å². The Morgan fingerprint density at radius 2 is 2.08 bits per heavy atom. The third-order valence-electron chi connectivity index (χ3n) is 6.79. The van der Waals surface area contributed by atoms with E-state index in [4.69, 9.17) is 5.26 Å². The highest BCUT2D eigenvalue weighted by Crippen LogP contribution is 2.51. The molecule has 2 fully saturated rings. The van der Waals surface area contributed by atoms with Crippen LogP contribution < -0.4 is 16.0 Å². The van der Waals surface area contributed by atoms with Gasteiger partial charge in [-0.15, -0.1) is 11.8 Å². The van der Waals surface area contributed by atoms with E-state index in [2.05, 4.69) is 16.0 Å². The molecule has 4 N–H and O–H groups in total. The lowest BCUT2D eigenvalue weighted by molar-refractivity contribution is -0.159. The zero-order valence-corrected chi connectivity index (χ0v) is 21.0. The van der Waals surface area contributed by atoms with Gasteiger partial charge in [0.2, 0.25) is 11.8 Å². The van der Waals surface area contributed by atoms with Gasteiger partial charge in [0.1, 0.15) is 12.2 Å². The van der Waals surface area contributed by atoms with Crippen LogP contribution >= 0.6 is 11.8 Å². The summed E-state index contributed by atoms with van der Waals surface area (Å²) in [4.78, 5) is 52.4. The molecule has 0 aromatic rings. The molecule has 3 aliphatic rings. The van der Waals surface area contributed by atoms with E-state index in [0.717, 1.165) is 0 Å². The summed E-state index contributed by atoms with van der Waals surface area (Å²) in [5, 5.41) is 27.0. The quantitative estimate of drug-likeness (QED) is 0.206. The predicted octanol–water partition coefficient (Wildman–Crippen LogP) is -0.436. The van der Waals surface area contributed by atoms with Crippen LogP contribution in [0.2, 0.25) is 0 Å². The van der Waals surface area contributed by atoms with Crippen molar-refractivity contribution >= 4 is 35.5 Å². The van der Waals surface area contributed by atoms with Crippen molar-refractivity contribution in [1.29, 1.82) is 5.26 Å². The van der Waals surface area contributed by atoms with E-state index in [1.54, 1.807) is 14.0 Å². The van der Waals surface area contributed by atoms with Crippen LogP contribution in [0.15, 0.2) is 10.6 Å². The van der Waals surface area contributed by atoms with Crippen LogP contribution in [-0.2, 0) is 19.2 Å². The molecule has 1 unspecified atom stereocenters. The average Bonchev–Trinajstić information content (AvgIpc) is 3.38. The predicted molar refractivity (Wildman–Crippen MR) is 125 cm³/mol. The number of aliphatic carboxylic acids is 1. The number of fused-ring (bicyclic) bond motifs is 1. The van der Waals surface area contributed by atoms with Gasteiger partial charge in [-0.05, 0) is 20.4 Å². The smallest absolute Gasteiger partial charge is 0.353 e. The molecule has 0 saturated carbocycles. The number of nitrogens with one attached hydrogen (secondary N) is 3. The number of rotatable bonds is 11. The van der Waals surface area contributed by atoms with E-state index in [9.17, 15) is 33.1 Å². The molecule has 0 radical (unpaired) electrons. The summed E-state index contributed by atoms with van der Waals surface area (Å²) in [7, 11) is 1.75. The highest BCUT2D eigenvalue weighted by atomic mass is 32.2. The number of hydrogen-bond donors (Lipinski definition) is 4. The van der Waals surface area contributed by atoms with Crippen molar-refractivity contribution in [3.8, 4) is 6.07 Å². The fraction of sp³-hybridized carbons (Fsp3) is 0.682. The maximum Gasteiger partial charge on any atom is 0.353 e. The number of thioether (sulfide) groups is 1. The van der Waals surface area contributed by atoms with E-state index in [0.29, 0.717) is 31.0 Å². The molecule has 0 aliphatic carbocycles. The first kappa shape index (κ1) is 27.8. The second-order valence-corrected chi connectivity index (χ2v) is 10.4. The third kappa shape index (κ3) is 5.33. The normalized spacial score (nSPS) is 28.0. The molecule has 3 amide bonds. The van der Waals surface area contributed by atoms with Crippen molar-refractivity contribution in [2.24, 2.45) is 11.8 Å². The molecule has 0 spiro atoms. The summed E-state index contributed by atoms with van der Waals surface area (Å²) in [5.41, 5.74) is -0.138. The van der Waals surface area contributed by atoms with Gasteiger partial charge in [-0.2, -0.15) is 14.0 Å². The molecule has 36 heavy (non-hydrogen) atoms. The number of carbonyl (C=O) groups is 4. The van der Waals surface area contributed by atoms with Crippen molar-refractivity contribution in [3.05, 3.63) is 10.6 Å². The van der Waals surface area contributed by atoms with Gasteiger partial charge in [-0.3, -0.25) is 14.4 Å². The standard InChI is InChI=1S/C22H30F2N6O5S/c1-10-15-14(11(2)28-19(31)18(23)24)21(33)30(15)16(22(34)35)17(10)36-12-8-13(27-9-12)20(32)29(6-4-25)7-5-26-3/h10-15,18,26-27H,5-9H2,1-3H3,(H,28,31)(H,34,35)/t10-,11?,12+,13+,14-,15-/m1/s1. The van der Waals surface area contributed by atoms with Crippen molar-refractivity contribution in [2.75, 3.05) is 33.2 Å². The Morgan fingerprint density at radius 3 is 2.67 bits per heavy atom. The molecular weight excluding hydrogens is 498 g/mol. The monoisotopic (exact) mass is 528 g/mol. The van der Waals surface area contributed by atoms with Gasteiger partial charge < -0.3 is 30.9 Å². The third-order valence-corrected chi connectivity index (χ3v) is 8.30. The number of likely N-dealkylation sites (N-methyl/N-ethyl adjacent to an activating group) is 1. The Bertz CT molecular complexity index is 988. The summed E-state index contributed by atoms with van der Waals surface area (Å²) in [5.74, 6) is -4.70. The van der Waals surface area contributed by atoms with Crippen molar-refractivity contribution in [1.82, 2.24) is 25.8 Å². The van der Waals surface area contributed by atoms with Gasteiger partial charge >= 0.3 is 12.4 Å². The first-order valence-electron chi connectivity index (χ1n) is 11.6. The zero-order chi connectivity index (χ0) is 26.7. The number of carboxylic acids is 1. The molecule has 0 bridgehead atoms. The van der Waals surface area contributed by atoms with E-state index < -0.39 is 54.2 Å². The minimum atomic E-state index is -3.22. The summed E-state index contributed by atoms with van der Waals surface area (Å²) in [6, 6.07) is 0.0153. The molecule has 3 rings (SSSR count). The van der Waals surface area contributed by atoms with Crippen LogP contribution in [0.4, 0.5) is 8.78 Å². The van der Waals surface area contributed by atoms with Crippen LogP contribution in [-0.4, -0.2) is 102 Å². The van der Waals surface area contributed by atoms with Crippen LogP contribution in [0.3, 0.4) is 0 Å². The number of carbonyl (C=O) groups excluding carboxylic acids is 3. The van der Waals surface area contributed by atoms with Gasteiger partial charge in [-0.1, -0.05) is 6.92 Å². The van der Waals surface area contributed by atoms with Crippen molar-refractivity contribution < 1.29 is 33.1 Å². The topological polar surface area (TPSA) is 155 Å². The second-order valence-electron chi connectivity index (χ2n) is 9.09. The van der Waals surface area contributed by atoms with E-state index in [1.807, 2.05) is 6.07 Å². The summed E-state index contributed by atoms with van der Waals surface area (Å²) < 4.78 is 25.3. The number of carboxylic acid groups (broad SMARTS) is 1. The molecule has 0 aromatic carbocycles. The summed E-state index contributed by atoms with van der Waals surface area (Å²) >= 11 is 1.29. The lowest BCUT2D eigenvalue weighted by Gasteiger charge is -2.47. The molecule has 14 heteroatoms. The molecule has 6 atom stereocenters. The summed E-state index contributed by atoms with van der Waals surface area (Å²) in [6.07, 6.45) is -2.80. The number of hydrogen-bond acceptors (Lipinski definition) is 8. The average molecular weight is 529 g/mol. The minimum absolute atomic E-state index is 0.0394. The molecule has 3 heterocycles. The lowest BCUT2D eigenvalue weighted by atomic mass is 9.78. The van der Waals surface area contributed by atoms with Crippen LogP contribution in [0.1, 0.15) is 20.3 Å². The number of β-lactam (4-membered cyclic amide) rings is 1. The Hall–Kier alpha value is -2.76. The van der Waals surface area contributed by atoms with Crippen LogP contribution in [0.5, 0.6) is 0 Å². The number of halogens is 2. The molecule has 3 aliphatic heterocycles. The van der Waals surface area contributed by atoms with E-state index >= 15 is 0 Å². The number of alkyl halides is 2. The van der Waals surface area contributed by atoms with Crippen LogP contribution in [0.25, 0.3) is 0 Å². The first-order chi connectivity index (χ1) is 17.0. The Kier molecular flexibility index (Phi) is 8.91. The Balaban J connectivity index is 1.71. The Labute approximate surface area is 211 Å². The number of nitriles is 1. The maximum absolute atomic E-state index is 12.9. The molecular formula is C22H30F2N6O5S. The molecule has 0 aromatic heterocycles. The fourth-order valence-electron chi connectivity index (χ4n) is 5.05. The first-order valence-corrected chi connectivity index (χ1v) is 12.5. The highest BCUT2D eigenvalue weighted by Gasteiger charge is 2.60. The van der Waals surface area contributed by atoms with Gasteiger partial charge in [0.25, 0.3) is 5.91 Å². The Morgan fingerprint density at radius 1 is 1.39 bits per heavy atom.